The van der Waals surface area contributed by atoms with Crippen molar-refractivity contribution < 1.29 is 4.74 Å². The van der Waals surface area contributed by atoms with Gasteiger partial charge >= 0.3 is 0 Å². The Balaban J connectivity index is 2.60. The van der Waals surface area contributed by atoms with Crippen LogP contribution in [0.1, 0.15) is 45.7 Å². The van der Waals surface area contributed by atoms with Crippen LogP contribution in [0.3, 0.4) is 0 Å². The van der Waals surface area contributed by atoms with E-state index in [4.69, 9.17) is 4.74 Å². The average Bonchev–Trinajstić information content (AvgIpc) is 2.43. The predicted molar refractivity (Wildman–Crippen MR) is 92.7 cm³/mol. The first-order valence-corrected chi connectivity index (χ1v) is 8.39. The second-order valence-electron chi connectivity index (χ2n) is 5.48. The molecule has 0 saturated carbocycles. The van der Waals surface area contributed by atoms with Crippen molar-refractivity contribution in [1.82, 2.24) is 10.3 Å². The number of aromatic nitrogens is 1. The summed E-state index contributed by atoms with van der Waals surface area (Å²) >= 11 is 3.50. The van der Waals surface area contributed by atoms with E-state index in [2.05, 4.69) is 52.0 Å². The van der Waals surface area contributed by atoms with Gasteiger partial charge in [-0.3, -0.25) is 0 Å². The predicted octanol–water partition coefficient (Wildman–Crippen LogP) is 4.63. The van der Waals surface area contributed by atoms with E-state index in [1.54, 1.807) is 6.34 Å². The van der Waals surface area contributed by atoms with Gasteiger partial charge in [-0.1, -0.05) is 20.8 Å². The standard InChI is InChI=1S/C16H26BrN3O/c1-5-8-18-11-19-15-10-14(17)16(20-13(15)4)21-9-6-7-12(2)3/h10-12H,5-9H2,1-4H3,(H,18,19). The normalized spacial score (nSPS) is 11.3. The number of hydrogen-bond acceptors (Lipinski definition) is 3. The summed E-state index contributed by atoms with van der Waals surface area (Å²) in [7, 11) is 0. The summed E-state index contributed by atoms with van der Waals surface area (Å²) in [5, 5.41) is 3.13. The molecule has 0 spiro atoms. The number of aliphatic imine (C=N–C) groups is 1. The highest BCUT2D eigenvalue weighted by atomic mass is 79.9. The van der Waals surface area contributed by atoms with Crippen molar-refractivity contribution in [2.45, 2.75) is 47.0 Å². The van der Waals surface area contributed by atoms with Gasteiger partial charge in [0.05, 0.1) is 28.8 Å². The molecule has 1 rings (SSSR count). The van der Waals surface area contributed by atoms with Crippen molar-refractivity contribution in [3.63, 3.8) is 0 Å². The molecule has 0 aliphatic rings. The summed E-state index contributed by atoms with van der Waals surface area (Å²) in [6.45, 7) is 10.1. The molecule has 0 unspecified atom stereocenters. The van der Waals surface area contributed by atoms with Crippen LogP contribution in [0, 0.1) is 12.8 Å². The van der Waals surface area contributed by atoms with Crippen LogP contribution in [-0.4, -0.2) is 24.5 Å². The van der Waals surface area contributed by atoms with Gasteiger partial charge in [0.1, 0.15) is 0 Å². The molecule has 1 heterocycles. The Bertz CT molecular complexity index is 461. The molecular formula is C16H26BrN3O. The largest absolute Gasteiger partial charge is 0.477 e. The molecule has 1 aromatic rings. The van der Waals surface area contributed by atoms with E-state index in [1.807, 2.05) is 13.0 Å². The second kappa shape index (κ2) is 9.77. The summed E-state index contributed by atoms with van der Waals surface area (Å²) in [5.41, 5.74) is 1.71. The number of ether oxygens (including phenoxy) is 1. The van der Waals surface area contributed by atoms with Gasteiger partial charge in [-0.2, -0.15) is 0 Å². The van der Waals surface area contributed by atoms with Gasteiger partial charge in [-0.15, -0.1) is 0 Å². The fourth-order valence-electron chi connectivity index (χ4n) is 1.77. The molecule has 0 amide bonds. The van der Waals surface area contributed by atoms with Crippen LogP contribution in [-0.2, 0) is 0 Å². The van der Waals surface area contributed by atoms with Gasteiger partial charge < -0.3 is 10.1 Å². The van der Waals surface area contributed by atoms with Crippen LogP contribution in [0.2, 0.25) is 0 Å². The van der Waals surface area contributed by atoms with Crippen molar-refractivity contribution >= 4 is 28.0 Å². The molecular weight excluding hydrogens is 330 g/mol. The van der Waals surface area contributed by atoms with Gasteiger partial charge in [0, 0.05) is 6.54 Å². The van der Waals surface area contributed by atoms with Gasteiger partial charge in [0.2, 0.25) is 5.88 Å². The topological polar surface area (TPSA) is 46.5 Å². The molecule has 1 aromatic heterocycles. The molecule has 0 aliphatic heterocycles. The maximum atomic E-state index is 5.74. The van der Waals surface area contributed by atoms with Gasteiger partial charge in [-0.25, -0.2) is 9.98 Å². The number of nitrogens with one attached hydrogen (secondary N) is 1. The third kappa shape index (κ3) is 6.93. The first-order chi connectivity index (χ1) is 10.0. The molecule has 5 heteroatoms. The van der Waals surface area contributed by atoms with Crippen LogP contribution in [0.25, 0.3) is 0 Å². The molecule has 0 bridgehead atoms. The molecule has 0 fully saturated rings. The number of hydrogen-bond donors (Lipinski definition) is 1. The van der Waals surface area contributed by atoms with E-state index in [9.17, 15) is 0 Å². The Morgan fingerprint density at radius 2 is 2.24 bits per heavy atom. The van der Waals surface area contributed by atoms with Crippen LogP contribution >= 0.6 is 15.9 Å². The summed E-state index contributed by atoms with van der Waals surface area (Å²) in [5.74, 6) is 1.36. The fraction of sp³-hybridized carbons (Fsp3) is 0.625. The maximum Gasteiger partial charge on any atom is 0.228 e. The van der Waals surface area contributed by atoms with E-state index in [0.29, 0.717) is 18.4 Å². The molecule has 0 aromatic carbocycles. The summed E-state index contributed by atoms with van der Waals surface area (Å²) in [6, 6.07) is 1.95. The zero-order chi connectivity index (χ0) is 15.7. The number of nitrogens with zero attached hydrogens (tertiary/aromatic N) is 2. The summed E-state index contributed by atoms with van der Waals surface area (Å²) in [6.07, 6.45) is 5.02. The minimum absolute atomic E-state index is 0.650. The molecule has 0 atom stereocenters. The monoisotopic (exact) mass is 355 g/mol. The lowest BCUT2D eigenvalue weighted by Crippen LogP contribution is -2.11. The lowest BCUT2D eigenvalue weighted by atomic mass is 10.1. The SMILES string of the molecule is CCCN/C=N/c1cc(Br)c(OCCCC(C)C)nc1C. The Kier molecular flexibility index (Phi) is 8.35. The van der Waals surface area contributed by atoms with Crippen molar-refractivity contribution in [3.05, 3.63) is 16.2 Å². The quantitative estimate of drug-likeness (QED) is 0.399. The van der Waals surface area contributed by atoms with Crippen molar-refractivity contribution in [2.24, 2.45) is 10.9 Å². The Morgan fingerprint density at radius 1 is 1.48 bits per heavy atom. The third-order valence-corrected chi connectivity index (χ3v) is 3.53. The van der Waals surface area contributed by atoms with Gasteiger partial charge in [0.25, 0.3) is 0 Å². The van der Waals surface area contributed by atoms with E-state index in [0.717, 1.165) is 35.2 Å². The zero-order valence-electron chi connectivity index (χ0n) is 13.4. The Labute approximate surface area is 136 Å². The number of pyridine rings is 1. The van der Waals surface area contributed by atoms with E-state index in [-0.39, 0.29) is 0 Å². The van der Waals surface area contributed by atoms with Crippen LogP contribution in [0.15, 0.2) is 15.5 Å². The van der Waals surface area contributed by atoms with Gasteiger partial charge in [-0.05, 0) is 54.1 Å². The first-order valence-electron chi connectivity index (χ1n) is 7.60. The number of rotatable bonds is 9. The van der Waals surface area contributed by atoms with E-state index >= 15 is 0 Å². The number of aryl methyl sites for hydroxylation is 1. The van der Waals surface area contributed by atoms with Crippen molar-refractivity contribution in [2.75, 3.05) is 13.2 Å². The molecule has 4 nitrogen and oxygen atoms in total. The van der Waals surface area contributed by atoms with Crippen LogP contribution < -0.4 is 10.1 Å². The van der Waals surface area contributed by atoms with Crippen LogP contribution in [0.5, 0.6) is 5.88 Å². The maximum absolute atomic E-state index is 5.74. The molecule has 1 N–H and O–H groups in total. The lowest BCUT2D eigenvalue weighted by molar-refractivity contribution is 0.285. The highest BCUT2D eigenvalue weighted by molar-refractivity contribution is 9.10. The summed E-state index contributed by atoms with van der Waals surface area (Å²) < 4.78 is 6.59. The minimum atomic E-state index is 0.650. The molecule has 0 saturated heterocycles. The lowest BCUT2D eigenvalue weighted by Gasteiger charge is -2.10. The fourth-order valence-corrected chi connectivity index (χ4v) is 2.19. The van der Waals surface area contributed by atoms with Crippen molar-refractivity contribution in [1.29, 1.82) is 0 Å². The molecule has 21 heavy (non-hydrogen) atoms. The third-order valence-electron chi connectivity index (χ3n) is 2.96. The number of halogens is 1. The van der Waals surface area contributed by atoms with Crippen molar-refractivity contribution in [3.8, 4) is 5.88 Å². The smallest absolute Gasteiger partial charge is 0.228 e. The zero-order valence-corrected chi connectivity index (χ0v) is 15.0. The molecule has 0 aliphatic carbocycles. The summed E-state index contributed by atoms with van der Waals surface area (Å²) in [4.78, 5) is 8.86. The molecule has 0 radical (unpaired) electrons. The molecule has 118 valence electrons. The average molecular weight is 356 g/mol. The highest BCUT2D eigenvalue weighted by Crippen LogP contribution is 2.29. The van der Waals surface area contributed by atoms with E-state index < -0.39 is 0 Å². The Morgan fingerprint density at radius 3 is 2.90 bits per heavy atom. The highest BCUT2D eigenvalue weighted by Gasteiger charge is 2.08. The van der Waals surface area contributed by atoms with Gasteiger partial charge in [0.15, 0.2) is 0 Å². The van der Waals surface area contributed by atoms with E-state index in [1.165, 1.54) is 6.42 Å². The minimum Gasteiger partial charge on any atom is -0.477 e. The Hall–Kier alpha value is -1.10. The van der Waals surface area contributed by atoms with Crippen LogP contribution in [0.4, 0.5) is 5.69 Å². The second-order valence-corrected chi connectivity index (χ2v) is 6.33. The first kappa shape index (κ1) is 18.0.